The average Bonchev–Trinajstić information content (AvgIpc) is 3.15. The number of carbonyl (C=O) groups excluding carboxylic acids is 1. The van der Waals surface area contributed by atoms with E-state index in [1.807, 2.05) is 45.0 Å². The number of urea groups is 1. The molecule has 1 N–H and O–H groups in total. The predicted molar refractivity (Wildman–Crippen MR) is 114 cm³/mol. The van der Waals surface area contributed by atoms with Gasteiger partial charge in [-0.15, -0.1) is 0 Å². The van der Waals surface area contributed by atoms with Crippen molar-refractivity contribution in [2.45, 2.75) is 45.4 Å². The third-order valence-corrected chi connectivity index (χ3v) is 4.61. The first-order chi connectivity index (χ1) is 14.2. The lowest BCUT2D eigenvalue weighted by atomic mass is 10.0. The largest absolute Gasteiger partial charge is 0.497 e. The van der Waals surface area contributed by atoms with Gasteiger partial charge in [0, 0.05) is 18.5 Å². The van der Waals surface area contributed by atoms with Crippen LogP contribution in [0.15, 0.2) is 53.7 Å². The van der Waals surface area contributed by atoms with Crippen LogP contribution in [0.1, 0.15) is 38.3 Å². The van der Waals surface area contributed by atoms with E-state index >= 15 is 0 Å². The molecule has 1 aliphatic heterocycles. The molecule has 3 rings (SSSR count). The predicted octanol–water partition coefficient (Wildman–Crippen LogP) is 4.34. The molecule has 2 aromatic carbocycles. The molecule has 0 radical (unpaired) electrons. The Morgan fingerprint density at radius 1 is 1.27 bits per heavy atom. The molecule has 1 aliphatic rings. The molecule has 1 heterocycles. The van der Waals surface area contributed by atoms with Gasteiger partial charge in [0.1, 0.15) is 11.6 Å². The van der Waals surface area contributed by atoms with E-state index in [4.69, 9.17) is 9.57 Å². The third kappa shape index (κ3) is 5.95. The first kappa shape index (κ1) is 21.6. The quantitative estimate of drug-likeness (QED) is 0.766. The standard InChI is InChI=1S/C23H28FN3O3/c1-23(2,3)25-22(28)27(14-16-6-5-7-19(12-16)29-4)15-20-13-21(26-30-20)17-8-10-18(24)11-9-17/h5-12,20H,13-15H2,1-4H3,(H,25,28). The highest BCUT2D eigenvalue weighted by Gasteiger charge is 2.28. The summed E-state index contributed by atoms with van der Waals surface area (Å²) in [5.74, 6) is 0.445. The second-order valence-electron chi connectivity index (χ2n) is 8.39. The molecular weight excluding hydrogens is 385 g/mol. The second-order valence-corrected chi connectivity index (χ2v) is 8.39. The van der Waals surface area contributed by atoms with Gasteiger partial charge in [0.15, 0.2) is 6.10 Å². The van der Waals surface area contributed by atoms with Gasteiger partial charge >= 0.3 is 6.03 Å². The zero-order chi connectivity index (χ0) is 21.7. The topological polar surface area (TPSA) is 63.2 Å². The highest BCUT2D eigenvalue weighted by atomic mass is 19.1. The van der Waals surface area contributed by atoms with Crippen LogP contribution >= 0.6 is 0 Å². The summed E-state index contributed by atoms with van der Waals surface area (Å²) in [4.78, 5) is 20.3. The minimum Gasteiger partial charge on any atom is -0.497 e. The van der Waals surface area contributed by atoms with Crippen LogP contribution in [0.2, 0.25) is 0 Å². The SMILES string of the molecule is COc1cccc(CN(CC2CC(c3ccc(F)cc3)=NO2)C(=O)NC(C)(C)C)c1. The van der Waals surface area contributed by atoms with Gasteiger partial charge in [-0.25, -0.2) is 9.18 Å². The molecular formula is C23H28FN3O3. The summed E-state index contributed by atoms with van der Waals surface area (Å²) in [6, 6.07) is 13.6. The number of oxime groups is 1. The fourth-order valence-electron chi connectivity index (χ4n) is 3.20. The maximum absolute atomic E-state index is 13.2. The van der Waals surface area contributed by atoms with E-state index in [0.717, 1.165) is 22.6 Å². The monoisotopic (exact) mass is 413 g/mol. The van der Waals surface area contributed by atoms with Crippen molar-refractivity contribution in [2.24, 2.45) is 5.16 Å². The van der Waals surface area contributed by atoms with Gasteiger partial charge in [-0.3, -0.25) is 0 Å². The van der Waals surface area contributed by atoms with Crippen molar-refractivity contribution in [3.8, 4) is 5.75 Å². The van der Waals surface area contributed by atoms with Crippen LogP contribution in [0.25, 0.3) is 0 Å². The summed E-state index contributed by atoms with van der Waals surface area (Å²) in [6.07, 6.45) is 0.268. The summed E-state index contributed by atoms with van der Waals surface area (Å²) in [5, 5.41) is 7.17. The Labute approximate surface area is 176 Å². The normalized spacial score (nSPS) is 15.9. The number of hydrogen-bond acceptors (Lipinski definition) is 4. The Morgan fingerprint density at radius 3 is 2.67 bits per heavy atom. The number of halogens is 1. The molecule has 160 valence electrons. The molecule has 0 saturated heterocycles. The van der Waals surface area contributed by atoms with E-state index in [1.54, 1.807) is 24.1 Å². The molecule has 0 aromatic heterocycles. The fourth-order valence-corrected chi connectivity index (χ4v) is 3.20. The Morgan fingerprint density at radius 2 is 2.00 bits per heavy atom. The van der Waals surface area contributed by atoms with Gasteiger partial charge in [0.25, 0.3) is 0 Å². The van der Waals surface area contributed by atoms with Crippen LogP contribution in [-0.4, -0.2) is 41.9 Å². The summed E-state index contributed by atoms with van der Waals surface area (Å²) in [5.41, 5.74) is 2.15. The zero-order valence-corrected chi connectivity index (χ0v) is 17.8. The van der Waals surface area contributed by atoms with Crippen LogP contribution in [0.4, 0.5) is 9.18 Å². The molecule has 1 atom stereocenters. The number of rotatable bonds is 6. The summed E-state index contributed by atoms with van der Waals surface area (Å²) < 4.78 is 18.5. The second kappa shape index (κ2) is 9.15. The van der Waals surface area contributed by atoms with Crippen LogP contribution in [0.3, 0.4) is 0 Å². The first-order valence-electron chi connectivity index (χ1n) is 9.92. The minimum atomic E-state index is -0.365. The molecule has 0 saturated carbocycles. The summed E-state index contributed by atoms with van der Waals surface area (Å²) >= 11 is 0. The van der Waals surface area contributed by atoms with Gasteiger partial charge in [-0.2, -0.15) is 0 Å². The van der Waals surface area contributed by atoms with Crippen molar-refractivity contribution < 1.29 is 18.8 Å². The zero-order valence-electron chi connectivity index (χ0n) is 17.8. The number of methoxy groups -OCH3 is 1. The van der Waals surface area contributed by atoms with Gasteiger partial charge in [-0.1, -0.05) is 29.4 Å². The minimum absolute atomic E-state index is 0.177. The number of benzene rings is 2. The van der Waals surface area contributed by atoms with Crippen molar-refractivity contribution in [2.75, 3.05) is 13.7 Å². The lowest BCUT2D eigenvalue weighted by Crippen LogP contribution is -2.50. The van der Waals surface area contributed by atoms with E-state index in [-0.39, 0.29) is 23.5 Å². The van der Waals surface area contributed by atoms with Crippen molar-refractivity contribution in [3.63, 3.8) is 0 Å². The smallest absolute Gasteiger partial charge is 0.318 e. The average molecular weight is 413 g/mol. The van der Waals surface area contributed by atoms with Gasteiger partial charge in [-0.05, 0) is 56.2 Å². The van der Waals surface area contributed by atoms with Crippen molar-refractivity contribution in [1.82, 2.24) is 10.2 Å². The fraction of sp³-hybridized carbons (Fsp3) is 0.391. The van der Waals surface area contributed by atoms with E-state index in [2.05, 4.69) is 10.5 Å². The molecule has 0 aliphatic carbocycles. The maximum atomic E-state index is 13.2. The lowest BCUT2D eigenvalue weighted by Gasteiger charge is -2.29. The van der Waals surface area contributed by atoms with E-state index < -0.39 is 0 Å². The Kier molecular flexibility index (Phi) is 6.59. The maximum Gasteiger partial charge on any atom is 0.318 e. The molecule has 1 unspecified atom stereocenters. The summed E-state index contributed by atoms with van der Waals surface area (Å²) in [7, 11) is 1.61. The number of ether oxygens (including phenoxy) is 1. The number of nitrogens with zero attached hydrogens (tertiary/aromatic N) is 2. The Bertz CT molecular complexity index is 907. The van der Waals surface area contributed by atoms with Crippen molar-refractivity contribution in [1.29, 1.82) is 0 Å². The molecule has 0 fully saturated rings. The number of hydrogen-bond donors (Lipinski definition) is 1. The van der Waals surface area contributed by atoms with Crippen LogP contribution in [-0.2, 0) is 11.4 Å². The molecule has 0 spiro atoms. The molecule has 30 heavy (non-hydrogen) atoms. The molecule has 0 bridgehead atoms. The number of carbonyl (C=O) groups is 1. The van der Waals surface area contributed by atoms with Crippen LogP contribution in [0, 0.1) is 5.82 Å². The van der Waals surface area contributed by atoms with E-state index in [9.17, 15) is 9.18 Å². The van der Waals surface area contributed by atoms with Crippen molar-refractivity contribution in [3.05, 3.63) is 65.5 Å². The lowest BCUT2D eigenvalue weighted by molar-refractivity contribution is 0.0580. The third-order valence-electron chi connectivity index (χ3n) is 4.61. The van der Waals surface area contributed by atoms with Crippen molar-refractivity contribution >= 4 is 11.7 Å². The highest BCUT2D eigenvalue weighted by molar-refractivity contribution is 6.01. The molecule has 2 aromatic rings. The van der Waals surface area contributed by atoms with Gasteiger partial charge in [0.2, 0.25) is 0 Å². The highest BCUT2D eigenvalue weighted by Crippen LogP contribution is 2.20. The Hall–Kier alpha value is -3.09. The summed E-state index contributed by atoms with van der Waals surface area (Å²) in [6.45, 7) is 6.60. The van der Waals surface area contributed by atoms with Gasteiger partial charge < -0.3 is 19.8 Å². The van der Waals surface area contributed by atoms with E-state index in [1.165, 1.54) is 12.1 Å². The van der Waals surface area contributed by atoms with Crippen LogP contribution in [0.5, 0.6) is 5.75 Å². The number of amides is 2. The number of nitrogens with one attached hydrogen (secondary N) is 1. The molecule has 7 heteroatoms. The molecule has 6 nitrogen and oxygen atoms in total. The van der Waals surface area contributed by atoms with E-state index in [0.29, 0.717) is 19.5 Å². The van der Waals surface area contributed by atoms with Crippen LogP contribution < -0.4 is 10.1 Å². The molecule has 2 amide bonds. The first-order valence-corrected chi connectivity index (χ1v) is 9.92. The van der Waals surface area contributed by atoms with Gasteiger partial charge in [0.05, 0.1) is 19.4 Å². The Balaban J connectivity index is 1.70.